The maximum Gasteiger partial charge on any atom is 0.0233 e. The summed E-state index contributed by atoms with van der Waals surface area (Å²) < 4.78 is 1.15. The molecule has 2 N–H and O–H groups in total. The molecule has 0 spiro atoms. The van der Waals surface area contributed by atoms with Crippen LogP contribution in [0.5, 0.6) is 0 Å². The minimum atomic E-state index is 0.237. The number of hydrogen-bond donors (Lipinski definition) is 1. The van der Waals surface area contributed by atoms with E-state index >= 15 is 0 Å². The molecule has 0 saturated carbocycles. The zero-order valence-corrected chi connectivity index (χ0v) is 13.5. The highest BCUT2D eigenvalue weighted by Gasteiger charge is 2.16. The first-order chi connectivity index (χ1) is 8.34. The third-order valence-electron chi connectivity index (χ3n) is 3.47. The lowest BCUT2D eigenvalue weighted by atomic mass is 9.89. The van der Waals surface area contributed by atoms with Gasteiger partial charge >= 0.3 is 0 Å². The molecule has 0 radical (unpaired) electrons. The topological polar surface area (TPSA) is 29.3 Å². The summed E-state index contributed by atoms with van der Waals surface area (Å²) in [5, 5.41) is 0. The van der Waals surface area contributed by atoms with Gasteiger partial charge in [-0.3, -0.25) is 0 Å². The van der Waals surface area contributed by atoms with Gasteiger partial charge < -0.3 is 10.6 Å². The lowest BCUT2D eigenvalue weighted by Gasteiger charge is -2.26. The van der Waals surface area contributed by atoms with Crippen molar-refractivity contribution in [2.45, 2.75) is 33.7 Å². The smallest absolute Gasteiger partial charge is 0.0233 e. The van der Waals surface area contributed by atoms with Crippen molar-refractivity contribution in [1.82, 2.24) is 4.90 Å². The van der Waals surface area contributed by atoms with E-state index in [1.54, 1.807) is 0 Å². The third-order valence-corrected chi connectivity index (χ3v) is 3.97. The average molecular weight is 313 g/mol. The van der Waals surface area contributed by atoms with Crippen molar-refractivity contribution in [3.8, 4) is 0 Å². The van der Waals surface area contributed by atoms with Gasteiger partial charge in [-0.1, -0.05) is 35.8 Å². The van der Waals surface area contributed by atoms with E-state index in [0.717, 1.165) is 30.5 Å². The van der Waals surface area contributed by atoms with E-state index in [-0.39, 0.29) is 5.41 Å². The van der Waals surface area contributed by atoms with E-state index in [2.05, 4.69) is 66.8 Å². The number of aryl methyl sites for hydroxylation is 1. The second-order valence-electron chi connectivity index (χ2n) is 5.93. The van der Waals surface area contributed by atoms with Gasteiger partial charge in [0.05, 0.1) is 0 Å². The maximum absolute atomic E-state index is 5.76. The Balaban J connectivity index is 2.54. The molecular weight excluding hydrogens is 288 g/mol. The highest BCUT2D eigenvalue weighted by atomic mass is 79.9. The molecule has 0 atom stereocenters. The molecular formula is C15H25BrN2. The van der Waals surface area contributed by atoms with E-state index in [1.807, 2.05) is 0 Å². The Kier molecular flexibility index (Phi) is 5.83. The van der Waals surface area contributed by atoms with E-state index in [9.17, 15) is 0 Å². The van der Waals surface area contributed by atoms with Crippen LogP contribution < -0.4 is 5.73 Å². The molecule has 0 saturated heterocycles. The Hall–Kier alpha value is -0.380. The second kappa shape index (κ2) is 6.69. The highest BCUT2D eigenvalue weighted by molar-refractivity contribution is 9.10. The molecule has 0 aliphatic heterocycles. The standard InChI is InChI=1S/C15H25BrN2/c1-12-5-6-14(16)9-13(12)10-18(4)8-7-15(2,3)11-17/h5-6,9H,7-8,10-11,17H2,1-4H3. The van der Waals surface area contributed by atoms with Gasteiger partial charge in [-0.25, -0.2) is 0 Å². The predicted molar refractivity (Wildman–Crippen MR) is 82.7 cm³/mol. The van der Waals surface area contributed by atoms with Gasteiger partial charge in [0.25, 0.3) is 0 Å². The van der Waals surface area contributed by atoms with Crippen molar-refractivity contribution >= 4 is 15.9 Å². The van der Waals surface area contributed by atoms with Crippen molar-refractivity contribution in [2.24, 2.45) is 11.1 Å². The summed E-state index contributed by atoms with van der Waals surface area (Å²) in [4.78, 5) is 2.37. The van der Waals surface area contributed by atoms with E-state index in [0.29, 0.717) is 0 Å². The molecule has 1 aromatic carbocycles. The Morgan fingerprint density at radius 3 is 2.61 bits per heavy atom. The van der Waals surface area contributed by atoms with Gasteiger partial charge in [-0.15, -0.1) is 0 Å². The van der Waals surface area contributed by atoms with Crippen LogP contribution in [-0.4, -0.2) is 25.0 Å². The zero-order valence-electron chi connectivity index (χ0n) is 12.0. The van der Waals surface area contributed by atoms with Crippen LogP contribution in [0, 0.1) is 12.3 Å². The molecule has 102 valence electrons. The van der Waals surface area contributed by atoms with Crippen LogP contribution in [0.2, 0.25) is 0 Å². The lowest BCUT2D eigenvalue weighted by Crippen LogP contribution is -2.29. The summed E-state index contributed by atoms with van der Waals surface area (Å²) in [5.74, 6) is 0. The van der Waals surface area contributed by atoms with Crippen LogP contribution in [0.3, 0.4) is 0 Å². The van der Waals surface area contributed by atoms with E-state index in [1.165, 1.54) is 11.1 Å². The fraction of sp³-hybridized carbons (Fsp3) is 0.600. The van der Waals surface area contributed by atoms with Crippen LogP contribution in [-0.2, 0) is 6.54 Å². The number of hydrogen-bond acceptors (Lipinski definition) is 2. The van der Waals surface area contributed by atoms with Gasteiger partial charge in [-0.05, 0) is 62.2 Å². The summed E-state index contributed by atoms with van der Waals surface area (Å²) in [6.07, 6.45) is 1.13. The number of nitrogens with two attached hydrogens (primary N) is 1. The molecule has 0 heterocycles. The van der Waals surface area contributed by atoms with Gasteiger partial charge in [0.2, 0.25) is 0 Å². The van der Waals surface area contributed by atoms with Gasteiger partial charge in [0.15, 0.2) is 0 Å². The minimum absolute atomic E-state index is 0.237. The molecule has 2 nitrogen and oxygen atoms in total. The van der Waals surface area contributed by atoms with Crippen molar-refractivity contribution in [3.05, 3.63) is 33.8 Å². The Morgan fingerprint density at radius 2 is 2.00 bits per heavy atom. The van der Waals surface area contributed by atoms with Crippen LogP contribution in [0.15, 0.2) is 22.7 Å². The monoisotopic (exact) mass is 312 g/mol. The molecule has 1 rings (SSSR count). The number of nitrogens with zero attached hydrogens (tertiary/aromatic N) is 1. The minimum Gasteiger partial charge on any atom is -0.330 e. The zero-order chi connectivity index (χ0) is 13.8. The molecule has 3 heteroatoms. The summed E-state index contributed by atoms with van der Waals surface area (Å²) in [7, 11) is 2.17. The first kappa shape index (κ1) is 15.7. The highest BCUT2D eigenvalue weighted by Crippen LogP contribution is 2.20. The fourth-order valence-electron chi connectivity index (χ4n) is 1.78. The van der Waals surface area contributed by atoms with Crippen molar-refractivity contribution in [1.29, 1.82) is 0 Å². The SMILES string of the molecule is Cc1ccc(Br)cc1CN(C)CCC(C)(C)CN. The third kappa shape index (κ3) is 5.09. The molecule has 0 aromatic heterocycles. The Morgan fingerprint density at radius 1 is 1.33 bits per heavy atom. The second-order valence-corrected chi connectivity index (χ2v) is 6.84. The molecule has 0 bridgehead atoms. The molecule has 0 amide bonds. The first-order valence-corrected chi connectivity index (χ1v) is 7.27. The largest absolute Gasteiger partial charge is 0.330 e. The lowest BCUT2D eigenvalue weighted by molar-refractivity contribution is 0.248. The summed E-state index contributed by atoms with van der Waals surface area (Å²) >= 11 is 3.53. The van der Waals surface area contributed by atoms with Gasteiger partial charge in [-0.2, -0.15) is 0 Å². The van der Waals surface area contributed by atoms with Crippen LogP contribution >= 0.6 is 15.9 Å². The molecule has 0 aliphatic carbocycles. The predicted octanol–water partition coefficient (Wildman–Crippen LogP) is 3.56. The number of rotatable bonds is 6. The number of benzene rings is 1. The molecule has 0 unspecified atom stereocenters. The normalized spacial score (nSPS) is 12.2. The molecule has 0 fully saturated rings. The average Bonchev–Trinajstić information content (AvgIpc) is 2.31. The molecule has 0 aliphatic rings. The Bertz CT molecular complexity index is 388. The van der Waals surface area contributed by atoms with Crippen molar-refractivity contribution in [3.63, 3.8) is 0 Å². The van der Waals surface area contributed by atoms with E-state index in [4.69, 9.17) is 5.73 Å². The number of halogens is 1. The molecule has 18 heavy (non-hydrogen) atoms. The quantitative estimate of drug-likeness (QED) is 0.870. The first-order valence-electron chi connectivity index (χ1n) is 6.48. The summed E-state index contributed by atoms with van der Waals surface area (Å²) in [5.41, 5.74) is 8.74. The maximum atomic E-state index is 5.76. The van der Waals surface area contributed by atoms with Crippen molar-refractivity contribution in [2.75, 3.05) is 20.1 Å². The fourth-order valence-corrected chi connectivity index (χ4v) is 2.18. The van der Waals surface area contributed by atoms with Gasteiger partial charge in [0.1, 0.15) is 0 Å². The summed E-state index contributed by atoms with van der Waals surface area (Å²) in [6, 6.07) is 6.47. The Labute approximate surface area is 120 Å². The van der Waals surface area contributed by atoms with Crippen LogP contribution in [0.4, 0.5) is 0 Å². The molecule has 1 aromatic rings. The van der Waals surface area contributed by atoms with Crippen molar-refractivity contribution < 1.29 is 0 Å². The summed E-state index contributed by atoms with van der Waals surface area (Å²) in [6.45, 7) is 9.44. The van der Waals surface area contributed by atoms with Crippen LogP contribution in [0.1, 0.15) is 31.4 Å². The van der Waals surface area contributed by atoms with E-state index < -0.39 is 0 Å². The van der Waals surface area contributed by atoms with Gasteiger partial charge in [0, 0.05) is 11.0 Å². The van der Waals surface area contributed by atoms with Crippen LogP contribution in [0.25, 0.3) is 0 Å².